The van der Waals surface area contributed by atoms with Gasteiger partial charge in [0.2, 0.25) is 5.88 Å². The van der Waals surface area contributed by atoms with Crippen LogP contribution in [0.3, 0.4) is 0 Å². The van der Waals surface area contributed by atoms with Crippen LogP contribution in [0, 0.1) is 23.7 Å². The fraction of sp³-hybridized carbons (Fsp3) is 0.800. The summed E-state index contributed by atoms with van der Waals surface area (Å²) in [6, 6.07) is 0. The Bertz CT molecular complexity index is 949. The molecule has 7 nitrogen and oxygen atoms in total. The Morgan fingerprint density at radius 1 is 0.868 bits per heavy atom. The molecule has 0 aliphatic rings. The van der Waals surface area contributed by atoms with Crippen LogP contribution in [0.1, 0.15) is 106 Å². The highest BCUT2D eigenvalue weighted by Crippen LogP contribution is 2.30. The van der Waals surface area contributed by atoms with Crippen LogP contribution in [-0.4, -0.2) is 44.7 Å². The molecule has 2 rings (SSSR count). The molecule has 8 heteroatoms. The molecule has 0 aliphatic heterocycles. The highest BCUT2D eigenvalue weighted by Gasteiger charge is 2.18. The SMILES string of the molecule is CCOC(=O)CSc1ncnc2c(OCCC(C)CCCC(C)CCCC(C)CCCC(C)C)n(C)nc12. The van der Waals surface area contributed by atoms with Gasteiger partial charge in [0, 0.05) is 7.05 Å². The van der Waals surface area contributed by atoms with E-state index in [-0.39, 0.29) is 11.7 Å². The molecule has 0 fully saturated rings. The molecule has 0 bridgehead atoms. The zero-order valence-electron chi connectivity index (χ0n) is 25.0. The number of fused-ring (bicyclic) bond motifs is 1. The summed E-state index contributed by atoms with van der Waals surface area (Å²) in [5, 5.41) is 5.22. The van der Waals surface area contributed by atoms with E-state index in [1.54, 1.807) is 11.6 Å². The first kappa shape index (κ1) is 32.4. The van der Waals surface area contributed by atoms with Crippen molar-refractivity contribution >= 4 is 28.8 Å². The lowest BCUT2D eigenvalue weighted by molar-refractivity contribution is -0.139. The summed E-state index contributed by atoms with van der Waals surface area (Å²) in [5.41, 5.74) is 1.34. The third kappa shape index (κ3) is 11.9. The molecule has 0 N–H and O–H groups in total. The van der Waals surface area contributed by atoms with E-state index in [2.05, 4.69) is 49.7 Å². The molecule has 2 aromatic rings. The summed E-state index contributed by atoms with van der Waals surface area (Å²) in [7, 11) is 1.86. The average Bonchev–Trinajstić information content (AvgIpc) is 3.18. The molecule has 0 radical (unpaired) electrons. The van der Waals surface area contributed by atoms with Crippen LogP contribution >= 0.6 is 11.8 Å². The molecule has 38 heavy (non-hydrogen) atoms. The van der Waals surface area contributed by atoms with Crippen molar-refractivity contribution in [3.8, 4) is 5.88 Å². The number of nitrogens with zero attached hydrogens (tertiary/aromatic N) is 4. The largest absolute Gasteiger partial charge is 0.476 e. The highest BCUT2D eigenvalue weighted by molar-refractivity contribution is 8.00. The van der Waals surface area contributed by atoms with E-state index >= 15 is 0 Å². The van der Waals surface area contributed by atoms with Gasteiger partial charge in [-0.2, -0.15) is 5.10 Å². The minimum absolute atomic E-state index is 0.195. The lowest BCUT2D eigenvalue weighted by Crippen LogP contribution is -2.07. The summed E-state index contributed by atoms with van der Waals surface area (Å²) in [6.45, 7) is 14.6. The van der Waals surface area contributed by atoms with Crippen LogP contribution in [0.4, 0.5) is 0 Å². The predicted molar refractivity (Wildman–Crippen MR) is 158 cm³/mol. The van der Waals surface area contributed by atoms with E-state index < -0.39 is 0 Å². The maximum Gasteiger partial charge on any atom is 0.316 e. The number of hydrogen-bond donors (Lipinski definition) is 0. The van der Waals surface area contributed by atoms with E-state index in [9.17, 15) is 4.79 Å². The number of ether oxygens (including phenoxy) is 2. The van der Waals surface area contributed by atoms with Crippen LogP contribution in [0.2, 0.25) is 0 Å². The van der Waals surface area contributed by atoms with Crippen molar-refractivity contribution in [1.82, 2.24) is 19.7 Å². The maximum absolute atomic E-state index is 11.7. The van der Waals surface area contributed by atoms with Crippen molar-refractivity contribution < 1.29 is 14.3 Å². The number of aryl methyl sites for hydroxylation is 1. The third-order valence-electron chi connectivity index (χ3n) is 7.28. The topological polar surface area (TPSA) is 79.1 Å². The van der Waals surface area contributed by atoms with Gasteiger partial charge < -0.3 is 9.47 Å². The fourth-order valence-electron chi connectivity index (χ4n) is 4.85. The van der Waals surface area contributed by atoms with Gasteiger partial charge >= 0.3 is 5.97 Å². The van der Waals surface area contributed by atoms with E-state index in [4.69, 9.17) is 9.47 Å². The van der Waals surface area contributed by atoms with Crippen molar-refractivity contribution in [1.29, 1.82) is 0 Å². The van der Waals surface area contributed by atoms with Crippen LogP contribution < -0.4 is 4.74 Å². The molecule has 2 heterocycles. The number of rotatable bonds is 20. The van der Waals surface area contributed by atoms with Crippen molar-refractivity contribution in [2.24, 2.45) is 30.7 Å². The Kier molecular flexibility index (Phi) is 15.1. The number of hydrogen-bond acceptors (Lipinski definition) is 7. The Hall–Kier alpha value is -1.83. The van der Waals surface area contributed by atoms with Gasteiger partial charge in [-0.25, -0.2) is 14.6 Å². The molecule has 216 valence electrons. The maximum atomic E-state index is 11.7. The lowest BCUT2D eigenvalue weighted by Gasteiger charge is -2.16. The first-order valence-electron chi connectivity index (χ1n) is 14.8. The second kappa shape index (κ2) is 17.7. The van der Waals surface area contributed by atoms with Crippen molar-refractivity contribution in [3.63, 3.8) is 0 Å². The molecule has 0 amide bonds. The van der Waals surface area contributed by atoms with Gasteiger partial charge in [-0.1, -0.05) is 104 Å². The molecule has 0 spiro atoms. The Morgan fingerprint density at radius 2 is 1.45 bits per heavy atom. The molecule has 0 saturated heterocycles. The van der Waals surface area contributed by atoms with Crippen LogP contribution in [0.25, 0.3) is 11.0 Å². The first-order chi connectivity index (χ1) is 18.2. The summed E-state index contributed by atoms with van der Waals surface area (Å²) < 4.78 is 12.9. The Labute approximate surface area is 235 Å². The second-order valence-corrected chi connectivity index (χ2v) is 12.5. The van der Waals surface area contributed by atoms with Crippen molar-refractivity contribution in [2.45, 2.75) is 111 Å². The zero-order chi connectivity index (χ0) is 27.9. The van der Waals surface area contributed by atoms with E-state index in [0.29, 0.717) is 41.1 Å². The number of esters is 1. The number of carbonyl (C=O) groups excluding carboxylic acids is 1. The Morgan fingerprint density at radius 3 is 2.03 bits per heavy atom. The standard InChI is InChI=1S/C30H52N4O3S/c1-8-36-26(35)20-38-29-27-28(31-21-32-29)30(34(7)33-27)37-19-18-25(6)17-11-16-24(5)15-10-14-23(4)13-9-12-22(2)3/h21-25H,8-20H2,1-7H3. The monoisotopic (exact) mass is 548 g/mol. The molecule has 3 atom stereocenters. The average molecular weight is 549 g/mol. The molecule has 0 aromatic carbocycles. The summed E-state index contributed by atoms with van der Waals surface area (Å²) in [4.78, 5) is 20.4. The zero-order valence-corrected chi connectivity index (χ0v) is 25.8. The normalized spacial score (nSPS) is 14.1. The van der Waals surface area contributed by atoms with E-state index in [1.165, 1.54) is 75.9 Å². The predicted octanol–water partition coefficient (Wildman–Crippen LogP) is 7.86. The summed E-state index contributed by atoms with van der Waals surface area (Å²) in [6.07, 6.45) is 14.6. The van der Waals surface area contributed by atoms with Gasteiger partial charge in [0.05, 0.1) is 19.0 Å². The van der Waals surface area contributed by atoms with Gasteiger partial charge in [-0.3, -0.25) is 4.79 Å². The minimum Gasteiger partial charge on any atom is -0.476 e. The quantitative estimate of drug-likeness (QED) is 0.0946. The Balaban J connectivity index is 1.67. The van der Waals surface area contributed by atoms with Crippen LogP contribution in [0.5, 0.6) is 5.88 Å². The highest BCUT2D eigenvalue weighted by atomic mass is 32.2. The van der Waals surface area contributed by atoms with E-state index in [1.807, 2.05) is 7.05 Å². The molecular weight excluding hydrogens is 496 g/mol. The molecule has 2 aromatic heterocycles. The lowest BCUT2D eigenvalue weighted by atomic mass is 9.91. The first-order valence-corrected chi connectivity index (χ1v) is 15.8. The van der Waals surface area contributed by atoms with Crippen LogP contribution in [0.15, 0.2) is 11.4 Å². The number of aromatic nitrogens is 4. The molecular formula is C30H52N4O3S. The molecule has 0 saturated carbocycles. The van der Waals surface area contributed by atoms with Gasteiger partial charge in [-0.15, -0.1) is 0 Å². The molecule has 0 aliphatic carbocycles. The van der Waals surface area contributed by atoms with Crippen molar-refractivity contribution in [3.05, 3.63) is 6.33 Å². The molecule has 3 unspecified atom stereocenters. The minimum atomic E-state index is -0.262. The summed E-state index contributed by atoms with van der Waals surface area (Å²) in [5.74, 6) is 3.73. The van der Waals surface area contributed by atoms with Crippen molar-refractivity contribution in [2.75, 3.05) is 19.0 Å². The number of carbonyl (C=O) groups is 1. The van der Waals surface area contributed by atoms with Gasteiger partial charge in [0.15, 0.2) is 5.52 Å². The van der Waals surface area contributed by atoms with Gasteiger partial charge in [-0.05, 0) is 37.0 Å². The summed E-state index contributed by atoms with van der Waals surface area (Å²) >= 11 is 1.31. The number of thioether (sulfide) groups is 1. The van der Waals surface area contributed by atoms with Crippen LogP contribution in [-0.2, 0) is 16.6 Å². The third-order valence-corrected chi connectivity index (χ3v) is 8.24. The second-order valence-electron chi connectivity index (χ2n) is 11.5. The van der Waals surface area contributed by atoms with E-state index in [0.717, 1.165) is 24.2 Å². The van der Waals surface area contributed by atoms with Gasteiger partial charge in [0.25, 0.3) is 0 Å². The fourth-order valence-corrected chi connectivity index (χ4v) is 5.58. The smallest absolute Gasteiger partial charge is 0.316 e. The van der Waals surface area contributed by atoms with Gasteiger partial charge in [0.1, 0.15) is 16.9 Å².